The summed E-state index contributed by atoms with van der Waals surface area (Å²) in [5, 5.41) is 2.59. The van der Waals surface area contributed by atoms with Crippen LogP contribution in [0.1, 0.15) is 22.3 Å². The van der Waals surface area contributed by atoms with Crippen LogP contribution in [-0.2, 0) is 4.79 Å². The lowest BCUT2D eigenvalue weighted by atomic mass is 10.1. The van der Waals surface area contributed by atoms with E-state index in [1.807, 2.05) is 19.1 Å². The van der Waals surface area contributed by atoms with Gasteiger partial charge in [0.25, 0.3) is 5.91 Å². The van der Waals surface area contributed by atoms with Crippen LogP contribution in [0.15, 0.2) is 18.2 Å². The zero-order valence-corrected chi connectivity index (χ0v) is 12.0. The average Bonchev–Trinajstić information content (AvgIpc) is 2.79. The molecule has 102 valence electrons. The number of thiol groups is 1. The molecule has 1 unspecified atom stereocenters. The second-order valence-electron chi connectivity index (χ2n) is 4.84. The number of aryl methyl sites for hydroxylation is 1. The van der Waals surface area contributed by atoms with E-state index in [4.69, 9.17) is 0 Å². The van der Waals surface area contributed by atoms with Crippen molar-refractivity contribution in [3.05, 3.63) is 29.3 Å². The van der Waals surface area contributed by atoms with Crippen LogP contribution < -0.4 is 10.2 Å². The Hall–Kier alpha value is -1.49. The van der Waals surface area contributed by atoms with Crippen LogP contribution in [-0.4, -0.2) is 31.2 Å². The van der Waals surface area contributed by atoms with Crippen molar-refractivity contribution in [2.24, 2.45) is 5.92 Å². The molecule has 0 spiro atoms. The number of nitrogens with one attached hydrogen (secondary N) is 1. The number of carbonyl (C=O) groups is 2. The average molecular weight is 278 g/mol. The van der Waals surface area contributed by atoms with Crippen molar-refractivity contribution < 1.29 is 9.59 Å². The van der Waals surface area contributed by atoms with Gasteiger partial charge in [-0.25, -0.2) is 0 Å². The second-order valence-corrected chi connectivity index (χ2v) is 5.20. The molecule has 0 aromatic heterocycles. The minimum atomic E-state index is -0.115. The van der Waals surface area contributed by atoms with E-state index in [0.29, 0.717) is 24.4 Å². The first-order valence-electron chi connectivity index (χ1n) is 6.30. The lowest BCUT2D eigenvalue weighted by molar-refractivity contribution is -0.117. The van der Waals surface area contributed by atoms with Crippen LogP contribution in [0.5, 0.6) is 0 Å². The molecule has 0 radical (unpaired) electrons. The maximum atomic E-state index is 12.0. The van der Waals surface area contributed by atoms with Gasteiger partial charge in [0.1, 0.15) is 0 Å². The van der Waals surface area contributed by atoms with Gasteiger partial charge < -0.3 is 10.2 Å². The molecule has 2 rings (SSSR count). The molecule has 1 atom stereocenters. The van der Waals surface area contributed by atoms with Crippen molar-refractivity contribution in [1.82, 2.24) is 5.32 Å². The minimum absolute atomic E-state index is 0.115. The number of carbonyl (C=O) groups excluding carboxylic acids is 2. The molecule has 1 aliphatic heterocycles. The maximum Gasteiger partial charge on any atom is 0.251 e. The highest BCUT2D eigenvalue weighted by Gasteiger charge is 2.30. The molecule has 1 aliphatic rings. The quantitative estimate of drug-likeness (QED) is 0.826. The summed E-state index contributed by atoms with van der Waals surface area (Å²) in [4.78, 5) is 25.3. The first-order valence-corrected chi connectivity index (χ1v) is 6.94. The van der Waals surface area contributed by atoms with Gasteiger partial charge in [-0.1, -0.05) is 0 Å². The third kappa shape index (κ3) is 2.76. The molecule has 19 heavy (non-hydrogen) atoms. The Morgan fingerprint density at radius 1 is 1.53 bits per heavy atom. The fourth-order valence-corrected chi connectivity index (χ4v) is 2.63. The SMILES string of the molecule is CNC(=O)c1ccc(N2CC(CS)CC2=O)c(C)c1. The van der Waals surface area contributed by atoms with Crippen LogP contribution in [0.3, 0.4) is 0 Å². The van der Waals surface area contributed by atoms with E-state index in [1.165, 1.54) is 0 Å². The molecule has 1 aromatic carbocycles. The van der Waals surface area contributed by atoms with Crippen LogP contribution in [0.2, 0.25) is 0 Å². The Labute approximate surface area is 118 Å². The highest BCUT2D eigenvalue weighted by Crippen LogP contribution is 2.28. The Bertz CT molecular complexity index is 516. The topological polar surface area (TPSA) is 49.4 Å². The summed E-state index contributed by atoms with van der Waals surface area (Å²) in [5.41, 5.74) is 2.44. The Morgan fingerprint density at radius 2 is 2.26 bits per heavy atom. The fourth-order valence-electron chi connectivity index (χ4n) is 2.38. The smallest absolute Gasteiger partial charge is 0.251 e. The second kappa shape index (κ2) is 5.65. The van der Waals surface area contributed by atoms with E-state index in [0.717, 1.165) is 17.0 Å². The first kappa shape index (κ1) is 13.9. The van der Waals surface area contributed by atoms with Gasteiger partial charge >= 0.3 is 0 Å². The summed E-state index contributed by atoms with van der Waals surface area (Å²) < 4.78 is 0. The zero-order valence-electron chi connectivity index (χ0n) is 11.1. The van der Waals surface area contributed by atoms with Crippen molar-refractivity contribution in [3.63, 3.8) is 0 Å². The van der Waals surface area contributed by atoms with Crippen molar-refractivity contribution in [1.29, 1.82) is 0 Å². The molecule has 1 fully saturated rings. The molecular formula is C14H18N2O2S. The molecular weight excluding hydrogens is 260 g/mol. The number of hydrogen-bond donors (Lipinski definition) is 2. The Balaban J connectivity index is 2.27. The number of rotatable bonds is 3. The lowest BCUT2D eigenvalue weighted by Gasteiger charge is -2.19. The molecule has 5 heteroatoms. The number of amides is 2. The van der Waals surface area contributed by atoms with Crippen LogP contribution in [0.4, 0.5) is 5.69 Å². The largest absolute Gasteiger partial charge is 0.355 e. The van der Waals surface area contributed by atoms with E-state index >= 15 is 0 Å². The summed E-state index contributed by atoms with van der Waals surface area (Å²) in [7, 11) is 1.60. The van der Waals surface area contributed by atoms with E-state index < -0.39 is 0 Å². The molecule has 1 aromatic rings. The van der Waals surface area contributed by atoms with Crippen molar-refractivity contribution in [2.75, 3.05) is 24.2 Å². The van der Waals surface area contributed by atoms with Gasteiger partial charge in [-0.15, -0.1) is 0 Å². The minimum Gasteiger partial charge on any atom is -0.355 e. The van der Waals surface area contributed by atoms with Crippen LogP contribution in [0.25, 0.3) is 0 Å². The predicted molar refractivity (Wildman–Crippen MR) is 78.9 cm³/mol. The molecule has 4 nitrogen and oxygen atoms in total. The van der Waals surface area contributed by atoms with Crippen LogP contribution >= 0.6 is 12.6 Å². The molecule has 1 saturated heterocycles. The van der Waals surface area contributed by atoms with Crippen molar-refractivity contribution in [3.8, 4) is 0 Å². The summed E-state index contributed by atoms with van der Waals surface area (Å²) in [6.45, 7) is 2.63. The highest BCUT2D eigenvalue weighted by molar-refractivity contribution is 7.80. The third-order valence-electron chi connectivity index (χ3n) is 3.44. The van der Waals surface area contributed by atoms with Crippen molar-refractivity contribution >= 4 is 30.1 Å². The van der Waals surface area contributed by atoms with Crippen molar-refractivity contribution in [2.45, 2.75) is 13.3 Å². The van der Waals surface area contributed by atoms with Crippen LogP contribution in [0, 0.1) is 12.8 Å². The number of nitrogens with zero attached hydrogens (tertiary/aromatic N) is 1. The number of benzene rings is 1. The van der Waals surface area contributed by atoms with Gasteiger partial charge in [0.05, 0.1) is 0 Å². The van der Waals surface area contributed by atoms with E-state index in [-0.39, 0.29) is 11.8 Å². The van der Waals surface area contributed by atoms with Gasteiger partial charge in [0.15, 0.2) is 0 Å². The number of hydrogen-bond acceptors (Lipinski definition) is 3. The van der Waals surface area contributed by atoms with Gasteiger partial charge in [0.2, 0.25) is 5.91 Å². The molecule has 2 amide bonds. The van der Waals surface area contributed by atoms with E-state index in [2.05, 4.69) is 17.9 Å². The predicted octanol–water partition coefficient (Wildman–Crippen LogP) is 1.64. The van der Waals surface area contributed by atoms with Gasteiger partial charge in [0, 0.05) is 31.3 Å². The lowest BCUT2D eigenvalue weighted by Crippen LogP contribution is -2.26. The first-order chi connectivity index (χ1) is 9.06. The zero-order chi connectivity index (χ0) is 14.0. The fraction of sp³-hybridized carbons (Fsp3) is 0.429. The highest BCUT2D eigenvalue weighted by atomic mass is 32.1. The molecule has 0 aliphatic carbocycles. The molecule has 0 saturated carbocycles. The monoisotopic (exact) mass is 278 g/mol. The summed E-state index contributed by atoms with van der Waals surface area (Å²) in [6, 6.07) is 5.41. The summed E-state index contributed by atoms with van der Waals surface area (Å²) in [5.74, 6) is 1.05. The molecule has 0 bridgehead atoms. The molecule has 1 N–H and O–H groups in total. The Morgan fingerprint density at radius 3 is 2.79 bits per heavy atom. The normalized spacial score (nSPS) is 18.8. The van der Waals surface area contributed by atoms with Gasteiger partial charge in [-0.05, 0) is 42.4 Å². The maximum absolute atomic E-state index is 12.0. The number of anilines is 1. The van der Waals surface area contributed by atoms with E-state index in [9.17, 15) is 9.59 Å². The third-order valence-corrected chi connectivity index (χ3v) is 3.96. The van der Waals surface area contributed by atoms with E-state index in [1.54, 1.807) is 18.0 Å². The summed E-state index contributed by atoms with van der Waals surface area (Å²) in [6.07, 6.45) is 0.556. The van der Waals surface area contributed by atoms with Gasteiger partial charge in [-0.2, -0.15) is 12.6 Å². The standard InChI is InChI=1S/C14H18N2O2S/c1-9-5-11(14(18)15-2)3-4-12(9)16-7-10(8-19)6-13(16)17/h3-5,10,19H,6-8H2,1-2H3,(H,15,18). The molecule has 1 heterocycles. The van der Waals surface area contributed by atoms with Gasteiger partial charge in [-0.3, -0.25) is 9.59 Å². The Kier molecular flexibility index (Phi) is 4.14. The summed E-state index contributed by atoms with van der Waals surface area (Å²) >= 11 is 4.26.